The van der Waals surface area contributed by atoms with Gasteiger partial charge in [-0.1, -0.05) is 56.5 Å². The molecule has 0 unspecified atom stereocenters. The van der Waals surface area contributed by atoms with E-state index >= 15 is 0 Å². The van der Waals surface area contributed by atoms with Crippen molar-refractivity contribution in [1.82, 2.24) is 15.0 Å². The Morgan fingerprint density at radius 1 is 0.971 bits per heavy atom. The molecule has 0 radical (unpaired) electrons. The van der Waals surface area contributed by atoms with Gasteiger partial charge in [0, 0.05) is 32.2 Å². The third-order valence-electron chi connectivity index (χ3n) is 5.76. The van der Waals surface area contributed by atoms with Crippen molar-refractivity contribution in [2.24, 2.45) is 5.73 Å². The van der Waals surface area contributed by atoms with Crippen molar-refractivity contribution in [3.05, 3.63) is 35.9 Å². The summed E-state index contributed by atoms with van der Waals surface area (Å²) in [4.78, 5) is 16.5. The lowest BCUT2D eigenvalue weighted by molar-refractivity contribution is 0.0547. The molecule has 188 valence electrons. The lowest BCUT2D eigenvalue weighted by Gasteiger charge is -2.24. The van der Waals surface area contributed by atoms with E-state index < -0.39 is 0 Å². The highest BCUT2D eigenvalue weighted by Gasteiger charge is 2.19. The van der Waals surface area contributed by atoms with E-state index in [1.807, 2.05) is 6.07 Å². The average Bonchev–Trinajstić information content (AvgIpc) is 3.37. The molecule has 1 fully saturated rings. The van der Waals surface area contributed by atoms with E-state index in [9.17, 15) is 0 Å². The van der Waals surface area contributed by atoms with Gasteiger partial charge in [-0.2, -0.15) is 15.0 Å². The number of nitrogens with two attached hydrogens (primary N) is 1. The fourth-order valence-corrected chi connectivity index (χ4v) is 3.95. The van der Waals surface area contributed by atoms with Crippen LogP contribution >= 0.6 is 0 Å². The summed E-state index contributed by atoms with van der Waals surface area (Å²) in [6, 6.07) is 10.9. The van der Waals surface area contributed by atoms with E-state index in [1.165, 1.54) is 18.4 Å². The Bertz CT molecular complexity index is 803. The topological polar surface area (TPSA) is 110 Å². The van der Waals surface area contributed by atoms with Gasteiger partial charge in [-0.3, -0.25) is 0 Å². The molecule has 34 heavy (non-hydrogen) atoms. The highest BCUT2D eigenvalue weighted by atomic mass is 16.5. The first-order valence-electron chi connectivity index (χ1n) is 12.7. The van der Waals surface area contributed by atoms with Crippen LogP contribution in [0.15, 0.2) is 30.3 Å². The van der Waals surface area contributed by atoms with Crippen molar-refractivity contribution in [2.75, 3.05) is 61.6 Å². The Balaban J connectivity index is 1.67. The lowest BCUT2D eigenvalue weighted by Crippen LogP contribution is -2.28. The molecule has 0 aliphatic heterocycles. The monoisotopic (exact) mass is 471 g/mol. The summed E-state index contributed by atoms with van der Waals surface area (Å²) in [6.07, 6.45) is 7.02. The summed E-state index contributed by atoms with van der Waals surface area (Å²) in [5.74, 6) is 1.92. The van der Waals surface area contributed by atoms with Crippen molar-refractivity contribution in [3.8, 4) is 0 Å². The molecule has 1 saturated carbocycles. The molecule has 0 amide bonds. The zero-order chi connectivity index (χ0) is 23.8. The van der Waals surface area contributed by atoms with Crippen molar-refractivity contribution in [1.29, 1.82) is 0 Å². The second-order valence-corrected chi connectivity index (χ2v) is 8.61. The summed E-state index contributed by atoms with van der Waals surface area (Å²) in [5, 5.41) is 6.85. The number of nitrogens with one attached hydrogen (secondary N) is 2. The van der Waals surface area contributed by atoms with E-state index in [4.69, 9.17) is 25.2 Å². The maximum Gasteiger partial charge on any atom is 0.232 e. The number of anilines is 3. The summed E-state index contributed by atoms with van der Waals surface area (Å²) in [5.41, 5.74) is 6.66. The molecular formula is C25H41N7O2. The molecule has 2 aromatic rings. The maximum atomic E-state index is 5.62. The fourth-order valence-electron chi connectivity index (χ4n) is 3.95. The van der Waals surface area contributed by atoms with Gasteiger partial charge in [0.15, 0.2) is 0 Å². The van der Waals surface area contributed by atoms with Gasteiger partial charge in [-0.15, -0.1) is 0 Å². The zero-order valence-electron chi connectivity index (χ0n) is 20.5. The number of hydrogen-bond donors (Lipinski definition) is 3. The molecule has 1 heterocycles. The molecule has 0 atom stereocenters. The summed E-state index contributed by atoms with van der Waals surface area (Å²) < 4.78 is 11.0. The number of aromatic nitrogens is 3. The first-order valence-corrected chi connectivity index (χ1v) is 12.7. The van der Waals surface area contributed by atoms with E-state index in [-0.39, 0.29) is 0 Å². The Morgan fingerprint density at radius 2 is 1.71 bits per heavy atom. The summed E-state index contributed by atoms with van der Waals surface area (Å²) in [6.45, 7) is 7.19. The molecule has 0 bridgehead atoms. The number of nitrogens with zero attached hydrogens (tertiary/aromatic N) is 4. The van der Waals surface area contributed by atoms with Crippen LogP contribution in [0, 0.1) is 0 Å². The number of unbranched alkanes of at least 4 members (excludes halogenated alkanes) is 1. The maximum absolute atomic E-state index is 5.62. The van der Waals surface area contributed by atoms with Crippen LogP contribution in [0.4, 0.5) is 17.8 Å². The quantitative estimate of drug-likeness (QED) is 0.299. The van der Waals surface area contributed by atoms with Crippen molar-refractivity contribution in [3.63, 3.8) is 0 Å². The smallest absolute Gasteiger partial charge is 0.232 e. The van der Waals surface area contributed by atoms with Gasteiger partial charge < -0.3 is 30.7 Å². The number of ether oxygens (including phenoxy) is 2. The van der Waals surface area contributed by atoms with Crippen molar-refractivity contribution >= 4 is 17.8 Å². The summed E-state index contributed by atoms with van der Waals surface area (Å²) >= 11 is 0. The Kier molecular flexibility index (Phi) is 11.8. The number of benzene rings is 1. The van der Waals surface area contributed by atoms with Crippen LogP contribution < -0.4 is 21.3 Å². The first kappa shape index (κ1) is 26.1. The SMILES string of the molecule is CCCCN(Cc1ccccc1)c1nc(NCCOCCOCCN)nc(NC2CCCC2)n1. The minimum Gasteiger partial charge on any atom is -0.378 e. The summed E-state index contributed by atoms with van der Waals surface area (Å²) in [7, 11) is 0. The van der Waals surface area contributed by atoms with E-state index in [0.717, 1.165) is 38.8 Å². The van der Waals surface area contributed by atoms with Crippen LogP contribution in [0.25, 0.3) is 0 Å². The van der Waals surface area contributed by atoms with E-state index in [0.29, 0.717) is 63.4 Å². The largest absolute Gasteiger partial charge is 0.378 e. The van der Waals surface area contributed by atoms with E-state index in [2.05, 4.69) is 51.7 Å². The Labute approximate surface area is 203 Å². The van der Waals surface area contributed by atoms with Gasteiger partial charge in [0.05, 0.1) is 26.4 Å². The third kappa shape index (κ3) is 9.40. The predicted molar refractivity (Wildman–Crippen MR) is 137 cm³/mol. The molecule has 1 aliphatic rings. The fraction of sp³-hybridized carbons (Fsp3) is 0.640. The molecule has 4 N–H and O–H groups in total. The van der Waals surface area contributed by atoms with Gasteiger partial charge in [0.25, 0.3) is 0 Å². The molecular weight excluding hydrogens is 430 g/mol. The highest BCUT2D eigenvalue weighted by molar-refractivity contribution is 5.45. The van der Waals surface area contributed by atoms with Crippen LogP contribution in [0.2, 0.25) is 0 Å². The predicted octanol–water partition coefficient (Wildman–Crippen LogP) is 3.44. The molecule has 0 spiro atoms. The Hall–Kier alpha value is -2.49. The molecule has 3 rings (SSSR count). The van der Waals surface area contributed by atoms with Gasteiger partial charge in [-0.25, -0.2) is 0 Å². The average molecular weight is 472 g/mol. The molecule has 9 nitrogen and oxygen atoms in total. The van der Waals surface area contributed by atoms with Crippen LogP contribution in [0.1, 0.15) is 51.0 Å². The van der Waals surface area contributed by atoms with Crippen LogP contribution in [0.5, 0.6) is 0 Å². The molecule has 0 saturated heterocycles. The lowest BCUT2D eigenvalue weighted by atomic mass is 10.2. The highest BCUT2D eigenvalue weighted by Crippen LogP contribution is 2.23. The van der Waals surface area contributed by atoms with Gasteiger partial charge in [0.2, 0.25) is 17.8 Å². The Morgan fingerprint density at radius 3 is 2.44 bits per heavy atom. The van der Waals surface area contributed by atoms with Crippen molar-refractivity contribution in [2.45, 2.75) is 58.0 Å². The van der Waals surface area contributed by atoms with Gasteiger partial charge >= 0.3 is 0 Å². The zero-order valence-corrected chi connectivity index (χ0v) is 20.5. The standard InChI is InChI=1S/C25H41N7O2/c1-2-3-15-32(20-21-9-5-4-6-10-21)25-30-23(27-14-17-34-19-18-33-16-13-26)29-24(31-25)28-22-11-7-8-12-22/h4-6,9-10,22H,2-3,7-8,11-20,26H2,1H3,(H2,27,28,29,30,31). The minimum atomic E-state index is 0.429. The van der Waals surface area contributed by atoms with Gasteiger partial charge in [0.1, 0.15) is 0 Å². The van der Waals surface area contributed by atoms with Crippen LogP contribution in [-0.2, 0) is 16.0 Å². The number of hydrogen-bond acceptors (Lipinski definition) is 9. The normalized spacial score (nSPS) is 13.8. The molecule has 1 aromatic heterocycles. The van der Waals surface area contributed by atoms with Gasteiger partial charge in [-0.05, 0) is 24.8 Å². The minimum absolute atomic E-state index is 0.429. The molecule has 1 aliphatic carbocycles. The first-order chi connectivity index (χ1) is 16.8. The third-order valence-corrected chi connectivity index (χ3v) is 5.76. The van der Waals surface area contributed by atoms with Crippen LogP contribution in [0.3, 0.4) is 0 Å². The molecule has 9 heteroatoms. The second kappa shape index (κ2) is 15.4. The molecule has 1 aromatic carbocycles. The van der Waals surface area contributed by atoms with Crippen LogP contribution in [-0.4, -0.2) is 67.1 Å². The second-order valence-electron chi connectivity index (χ2n) is 8.61. The van der Waals surface area contributed by atoms with Crippen molar-refractivity contribution < 1.29 is 9.47 Å². The van der Waals surface area contributed by atoms with E-state index in [1.54, 1.807) is 0 Å². The number of rotatable bonds is 17.